The molecule has 0 amide bonds. The van der Waals surface area contributed by atoms with E-state index in [-0.39, 0.29) is 18.4 Å². The van der Waals surface area contributed by atoms with Crippen molar-refractivity contribution in [3.05, 3.63) is 30.1 Å². The highest BCUT2D eigenvalue weighted by atomic mass is 16.3. The van der Waals surface area contributed by atoms with Gasteiger partial charge in [0.1, 0.15) is 0 Å². The van der Waals surface area contributed by atoms with Crippen molar-refractivity contribution in [3.8, 4) is 0 Å². The van der Waals surface area contributed by atoms with Crippen molar-refractivity contribution in [2.45, 2.75) is 25.0 Å². The number of nitrogen functional groups attached to an aromatic ring is 1. The first-order valence-corrected chi connectivity index (χ1v) is 6.75. The third kappa shape index (κ3) is 1.72. The summed E-state index contributed by atoms with van der Waals surface area (Å²) in [5.74, 6) is -0.730. The van der Waals surface area contributed by atoms with Gasteiger partial charge in [-0.2, -0.15) is 5.10 Å². The van der Waals surface area contributed by atoms with E-state index < -0.39 is 18.1 Å². The Morgan fingerprint density at radius 1 is 1.25 bits per heavy atom. The van der Waals surface area contributed by atoms with Crippen molar-refractivity contribution >= 4 is 11.2 Å². The summed E-state index contributed by atoms with van der Waals surface area (Å²) in [7, 11) is 0. The van der Waals surface area contributed by atoms with Gasteiger partial charge in [-0.3, -0.25) is 0 Å². The molecule has 20 heavy (non-hydrogen) atoms. The van der Waals surface area contributed by atoms with Gasteiger partial charge in [0, 0.05) is 30.3 Å². The topological polar surface area (TPSA) is 104 Å². The molecular formula is C14H19N3O3. The van der Waals surface area contributed by atoms with Crippen molar-refractivity contribution in [3.63, 3.8) is 0 Å². The fourth-order valence-corrected chi connectivity index (χ4v) is 3.40. The van der Waals surface area contributed by atoms with Gasteiger partial charge in [0.15, 0.2) is 0 Å². The van der Waals surface area contributed by atoms with Crippen LogP contribution in [0.25, 0.3) is 5.52 Å². The summed E-state index contributed by atoms with van der Waals surface area (Å²) in [6.07, 6.45) is -0.151. The lowest BCUT2D eigenvalue weighted by Gasteiger charge is -2.21. The maximum absolute atomic E-state index is 10.1. The lowest BCUT2D eigenvalue weighted by molar-refractivity contribution is -0.00394. The zero-order valence-electron chi connectivity index (χ0n) is 11.2. The molecule has 1 unspecified atom stereocenters. The molecule has 2 aromatic rings. The van der Waals surface area contributed by atoms with Crippen molar-refractivity contribution in [1.29, 1.82) is 0 Å². The summed E-state index contributed by atoms with van der Waals surface area (Å²) in [4.78, 5) is 0. The van der Waals surface area contributed by atoms with Crippen LogP contribution in [-0.4, -0.2) is 43.7 Å². The summed E-state index contributed by atoms with van der Waals surface area (Å²) in [5, 5.41) is 33.9. The number of nitrogens with zero attached hydrogens (tertiary/aromatic N) is 2. The van der Waals surface area contributed by atoms with E-state index in [1.807, 2.05) is 19.1 Å². The first-order chi connectivity index (χ1) is 9.56. The highest BCUT2D eigenvalue weighted by Gasteiger charge is 2.48. The monoisotopic (exact) mass is 277 g/mol. The number of anilines is 1. The van der Waals surface area contributed by atoms with Crippen LogP contribution in [0.2, 0.25) is 0 Å². The molecule has 3 rings (SSSR count). The Labute approximate surface area is 116 Å². The summed E-state index contributed by atoms with van der Waals surface area (Å²) >= 11 is 0. The molecule has 0 saturated heterocycles. The molecule has 108 valence electrons. The standard InChI is InChI=1S/C14H19N3O3/c1-7-12(8(6-18)14(20)13(7)19)11-3-2-10-9(15)4-5-16-17(10)11/h2-5,7-8,12-14,18-20H,6,15H2,1H3/t7-,8-,12?,13-,14+/m0/s1. The molecule has 5 N–H and O–H groups in total. The van der Waals surface area contributed by atoms with E-state index in [2.05, 4.69) is 5.10 Å². The molecule has 5 atom stereocenters. The zero-order chi connectivity index (χ0) is 14.4. The number of rotatable bonds is 2. The zero-order valence-corrected chi connectivity index (χ0v) is 11.2. The van der Waals surface area contributed by atoms with Crippen molar-refractivity contribution < 1.29 is 15.3 Å². The minimum Gasteiger partial charge on any atom is -0.397 e. The Morgan fingerprint density at radius 2 is 2.00 bits per heavy atom. The van der Waals surface area contributed by atoms with Gasteiger partial charge < -0.3 is 21.1 Å². The highest BCUT2D eigenvalue weighted by Crippen LogP contribution is 2.44. The number of hydrogen-bond acceptors (Lipinski definition) is 5. The normalized spacial score (nSPS) is 33.9. The van der Waals surface area contributed by atoms with E-state index in [1.54, 1.807) is 16.8 Å². The van der Waals surface area contributed by atoms with Gasteiger partial charge in [-0.15, -0.1) is 0 Å². The van der Waals surface area contributed by atoms with Crippen molar-refractivity contribution in [2.24, 2.45) is 11.8 Å². The fraction of sp³-hybridized carbons (Fsp3) is 0.500. The molecule has 1 fully saturated rings. The maximum Gasteiger partial charge on any atom is 0.0879 e. The molecule has 2 aromatic heterocycles. The summed E-state index contributed by atoms with van der Waals surface area (Å²) in [6.45, 7) is 1.70. The predicted molar refractivity (Wildman–Crippen MR) is 74.1 cm³/mol. The average Bonchev–Trinajstić information content (AvgIpc) is 2.95. The van der Waals surface area contributed by atoms with Crippen molar-refractivity contribution in [1.82, 2.24) is 9.61 Å². The maximum atomic E-state index is 10.1. The SMILES string of the molecule is C[C@H]1C(c2ccc3c(N)ccnn23)[C@H](CO)[C@@H](O)[C@H]1O. The molecule has 1 aliphatic carbocycles. The second-order valence-electron chi connectivity index (χ2n) is 5.55. The Morgan fingerprint density at radius 3 is 2.70 bits per heavy atom. The molecule has 0 bridgehead atoms. The minimum absolute atomic E-state index is 0.163. The van der Waals surface area contributed by atoms with Crippen LogP contribution in [0, 0.1) is 11.8 Å². The number of nitrogens with two attached hydrogens (primary N) is 1. The molecule has 1 aliphatic rings. The van der Waals surface area contributed by atoms with Gasteiger partial charge in [-0.1, -0.05) is 6.92 Å². The van der Waals surface area contributed by atoms with Gasteiger partial charge in [0.05, 0.1) is 23.4 Å². The quantitative estimate of drug-likeness (QED) is 0.617. The number of aromatic nitrogens is 2. The van der Waals surface area contributed by atoms with E-state index in [0.29, 0.717) is 5.69 Å². The summed E-state index contributed by atoms with van der Waals surface area (Å²) in [6, 6.07) is 5.49. The Hall–Kier alpha value is -1.63. The van der Waals surface area contributed by atoms with Crippen LogP contribution < -0.4 is 5.73 Å². The molecule has 6 nitrogen and oxygen atoms in total. The molecule has 0 radical (unpaired) electrons. The second kappa shape index (κ2) is 4.73. The van der Waals surface area contributed by atoms with Gasteiger partial charge in [-0.05, 0) is 24.1 Å². The van der Waals surface area contributed by atoms with Crippen LogP contribution in [-0.2, 0) is 0 Å². The minimum atomic E-state index is -0.924. The van der Waals surface area contributed by atoms with Gasteiger partial charge >= 0.3 is 0 Å². The van der Waals surface area contributed by atoms with Crippen molar-refractivity contribution in [2.75, 3.05) is 12.3 Å². The first-order valence-electron chi connectivity index (χ1n) is 6.75. The lowest BCUT2D eigenvalue weighted by atomic mass is 9.87. The second-order valence-corrected chi connectivity index (χ2v) is 5.55. The third-order valence-electron chi connectivity index (χ3n) is 4.52. The molecular weight excluding hydrogens is 258 g/mol. The highest BCUT2D eigenvalue weighted by molar-refractivity contribution is 5.69. The Bertz CT molecular complexity index is 627. The smallest absolute Gasteiger partial charge is 0.0879 e. The Balaban J connectivity index is 2.12. The fourth-order valence-electron chi connectivity index (χ4n) is 3.40. The molecule has 2 heterocycles. The Kier molecular flexibility index (Phi) is 3.16. The molecule has 0 aromatic carbocycles. The molecule has 0 spiro atoms. The van der Waals surface area contributed by atoms with E-state index in [0.717, 1.165) is 11.2 Å². The number of fused-ring (bicyclic) bond motifs is 1. The van der Waals surface area contributed by atoms with E-state index in [9.17, 15) is 15.3 Å². The van der Waals surface area contributed by atoms with Crippen LogP contribution >= 0.6 is 0 Å². The largest absolute Gasteiger partial charge is 0.397 e. The van der Waals surface area contributed by atoms with E-state index in [4.69, 9.17) is 5.73 Å². The van der Waals surface area contributed by atoms with Crippen LogP contribution in [0.15, 0.2) is 24.4 Å². The van der Waals surface area contributed by atoms with Gasteiger partial charge in [0.2, 0.25) is 0 Å². The summed E-state index contributed by atoms with van der Waals surface area (Å²) in [5.41, 5.74) is 8.19. The van der Waals surface area contributed by atoms with Gasteiger partial charge in [-0.25, -0.2) is 4.52 Å². The van der Waals surface area contributed by atoms with Crippen LogP contribution in [0.1, 0.15) is 18.5 Å². The number of aliphatic hydroxyl groups excluding tert-OH is 3. The predicted octanol–water partition coefficient (Wildman–Crippen LogP) is -0.0199. The van der Waals surface area contributed by atoms with Crippen LogP contribution in [0.5, 0.6) is 0 Å². The molecule has 6 heteroatoms. The third-order valence-corrected chi connectivity index (χ3v) is 4.52. The van der Waals surface area contributed by atoms with Gasteiger partial charge in [0.25, 0.3) is 0 Å². The lowest BCUT2D eigenvalue weighted by Crippen LogP contribution is -2.29. The first kappa shape index (κ1) is 13.4. The van der Waals surface area contributed by atoms with E-state index >= 15 is 0 Å². The summed E-state index contributed by atoms with van der Waals surface area (Å²) < 4.78 is 1.73. The molecule has 1 saturated carbocycles. The average molecular weight is 277 g/mol. The number of hydrogen-bond donors (Lipinski definition) is 4. The van der Waals surface area contributed by atoms with E-state index in [1.165, 1.54) is 0 Å². The molecule has 0 aliphatic heterocycles. The van der Waals surface area contributed by atoms with Crippen LogP contribution in [0.3, 0.4) is 0 Å². The number of aliphatic hydroxyl groups is 3. The van der Waals surface area contributed by atoms with Crippen LogP contribution in [0.4, 0.5) is 5.69 Å².